The van der Waals surface area contributed by atoms with Crippen LogP contribution in [0.15, 0.2) is 18.5 Å². The molecular weight excluding hydrogens is 330 g/mol. The van der Waals surface area contributed by atoms with E-state index in [0.29, 0.717) is 11.6 Å². The number of nitrogens with one attached hydrogen (secondary N) is 2. The lowest BCUT2D eigenvalue weighted by molar-refractivity contribution is 0.0905. The van der Waals surface area contributed by atoms with Crippen LogP contribution in [0.2, 0.25) is 0 Å². The number of nitrogens with zero attached hydrogens (tertiary/aromatic N) is 5. The van der Waals surface area contributed by atoms with Gasteiger partial charge in [-0.1, -0.05) is 24.5 Å². The third-order valence-corrected chi connectivity index (χ3v) is 5.81. The topological polar surface area (TPSA) is 89.7 Å². The van der Waals surface area contributed by atoms with Crippen molar-refractivity contribution in [3.05, 3.63) is 29.8 Å². The lowest BCUT2D eigenvalue weighted by atomic mass is 9.82. The van der Waals surface area contributed by atoms with Crippen molar-refractivity contribution >= 4 is 5.91 Å². The normalized spacial score (nSPS) is 20.7. The van der Waals surface area contributed by atoms with E-state index < -0.39 is 0 Å². The summed E-state index contributed by atoms with van der Waals surface area (Å²) in [6.45, 7) is 0. The molecule has 0 aliphatic heterocycles. The van der Waals surface area contributed by atoms with Crippen LogP contribution in [-0.2, 0) is 12.7 Å². The molecule has 2 aliphatic carbocycles. The van der Waals surface area contributed by atoms with Crippen LogP contribution in [-0.4, -0.2) is 37.7 Å². The zero-order valence-corrected chi connectivity index (χ0v) is 15.5. The van der Waals surface area contributed by atoms with Crippen LogP contribution in [0.3, 0.4) is 0 Å². The highest BCUT2D eigenvalue weighted by atomic mass is 16.2. The van der Waals surface area contributed by atoms with Crippen molar-refractivity contribution < 1.29 is 4.79 Å². The maximum absolute atomic E-state index is 12.7. The van der Waals surface area contributed by atoms with Crippen molar-refractivity contribution in [3.63, 3.8) is 0 Å². The molecule has 1 atom stereocenters. The Kier molecular flexibility index (Phi) is 4.52. The molecule has 2 heterocycles. The monoisotopic (exact) mass is 357 g/mol. The largest absolute Gasteiger partial charge is 0.342 e. The van der Waals surface area contributed by atoms with Crippen molar-refractivity contribution in [3.8, 4) is 0 Å². The van der Waals surface area contributed by atoms with Gasteiger partial charge < -0.3 is 5.32 Å². The molecule has 2 aromatic rings. The highest BCUT2D eigenvalue weighted by Gasteiger charge is 2.45. The molecule has 4 rings (SSSR count). The van der Waals surface area contributed by atoms with Gasteiger partial charge in [-0.25, -0.2) is 4.68 Å². The molecule has 26 heavy (non-hydrogen) atoms. The SMILES string of the molecule is CNC1(n2cc(C(NC(=O)c3ccn(C)n3)C3CCCCC3)nn2)CC1. The number of aromatic nitrogens is 5. The van der Waals surface area contributed by atoms with E-state index in [0.717, 1.165) is 31.4 Å². The molecule has 1 amide bonds. The second-order valence-electron chi connectivity index (χ2n) is 7.59. The molecule has 2 fully saturated rings. The maximum atomic E-state index is 12.7. The summed E-state index contributed by atoms with van der Waals surface area (Å²) in [7, 11) is 3.77. The molecule has 0 saturated heterocycles. The average molecular weight is 357 g/mol. The van der Waals surface area contributed by atoms with E-state index >= 15 is 0 Å². The first-order valence-electron chi connectivity index (χ1n) is 9.53. The van der Waals surface area contributed by atoms with Crippen LogP contribution in [0.4, 0.5) is 0 Å². The first kappa shape index (κ1) is 17.2. The third kappa shape index (κ3) is 3.25. The predicted molar refractivity (Wildman–Crippen MR) is 96.3 cm³/mol. The van der Waals surface area contributed by atoms with E-state index in [-0.39, 0.29) is 17.6 Å². The third-order valence-electron chi connectivity index (χ3n) is 5.81. The first-order valence-corrected chi connectivity index (χ1v) is 9.53. The second-order valence-corrected chi connectivity index (χ2v) is 7.59. The van der Waals surface area contributed by atoms with Gasteiger partial charge in [0.1, 0.15) is 17.1 Å². The van der Waals surface area contributed by atoms with Crippen LogP contribution in [0.1, 0.15) is 67.2 Å². The van der Waals surface area contributed by atoms with Gasteiger partial charge in [-0.05, 0) is 44.7 Å². The summed E-state index contributed by atoms with van der Waals surface area (Å²) in [4.78, 5) is 12.7. The predicted octanol–water partition coefficient (Wildman–Crippen LogP) is 1.73. The van der Waals surface area contributed by atoms with Gasteiger partial charge in [-0.15, -0.1) is 5.10 Å². The van der Waals surface area contributed by atoms with E-state index in [9.17, 15) is 4.79 Å². The van der Waals surface area contributed by atoms with Gasteiger partial charge in [0.15, 0.2) is 0 Å². The minimum atomic E-state index is -0.148. The summed E-state index contributed by atoms with van der Waals surface area (Å²) in [5.74, 6) is 0.247. The van der Waals surface area contributed by atoms with Crippen LogP contribution in [0.25, 0.3) is 0 Å². The van der Waals surface area contributed by atoms with Gasteiger partial charge >= 0.3 is 0 Å². The molecule has 0 spiro atoms. The molecular formula is C18H27N7O. The molecule has 0 radical (unpaired) electrons. The van der Waals surface area contributed by atoms with Gasteiger partial charge in [0.2, 0.25) is 0 Å². The zero-order valence-electron chi connectivity index (χ0n) is 15.5. The number of hydrogen-bond donors (Lipinski definition) is 2. The summed E-state index contributed by atoms with van der Waals surface area (Å²) in [5.41, 5.74) is 1.20. The number of carbonyl (C=O) groups is 1. The van der Waals surface area contributed by atoms with Crippen LogP contribution < -0.4 is 10.6 Å². The molecule has 140 valence electrons. The minimum Gasteiger partial charge on any atom is -0.342 e. The van der Waals surface area contributed by atoms with Crippen molar-refractivity contribution in [2.75, 3.05) is 7.05 Å². The van der Waals surface area contributed by atoms with E-state index in [1.807, 2.05) is 25.0 Å². The van der Waals surface area contributed by atoms with Crippen LogP contribution in [0.5, 0.6) is 0 Å². The van der Waals surface area contributed by atoms with Crippen molar-refractivity contribution in [1.29, 1.82) is 0 Å². The quantitative estimate of drug-likeness (QED) is 0.822. The fraction of sp³-hybridized carbons (Fsp3) is 0.667. The maximum Gasteiger partial charge on any atom is 0.272 e. The zero-order chi connectivity index (χ0) is 18.1. The van der Waals surface area contributed by atoms with Gasteiger partial charge in [-0.3, -0.25) is 14.8 Å². The smallest absolute Gasteiger partial charge is 0.272 e. The van der Waals surface area contributed by atoms with Gasteiger partial charge in [0.05, 0.1) is 12.2 Å². The minimum absolute atomic E-state index is 0.0899. The van der Waals surface area contributed by atoms with Crippen molar-refractivity contribution in [2.24, 2.45) is 13.0 Å². The van der Waals surface area contributed by atoms with E-state index in [1.54, 1.807) is 16.9 Å². The molecule has 8 nitrogen and oxygen atoms in total. The molecule has 8 heteroatoms. The molecule has 0 aromatic carbocycles. The highest BCUT2D eigenvalue weighted by molar-refractivity contribution is 5.92. The number of hydrogen-bond acceptors (Lipinski definition) is 5. The average Bonchev–Trinajstić information content (AvgIpc) is 3.09. The summed E-state index contributed by atoms with van der Waals surface area (Å²) in [6.07, 6.45) is 11.8. The van der Waals surface area contributed by atoms with Gasteiger partial charge in [0.25, 0.3) is 5.91 Å². The van der Waals surface area contributed by atoms with E-state index in [4.69, 9.17) is 0 Å². The Morgan fingerprint density at radius 2 is 2.08 bits per heavy atom. The van der Waals surface area contributed by atoms with Crippen LogP contribution in [0, 0.1) is 5.92 Å². The highest BCUT2D eigenvalue weighted by Crippen LogP contribution is 2.40. The fourth-order valence-corrected chi connectivity index (χ4v) is 3.99. The Hall–Kier alpha value is -2.22. The lowest BCUT2D eigenvalue weighted by Crippen LogP contribution is -2.35. The number of rotatable bonds is 6. The summed E-state index contributed by atoms with van der Waals surface area (Å²) >= 11 is 0. The molecule has 2 saturated carbocycles. The Morgan fingerprint density at radius 3 is 2.69 bits per heavy atom. The standard InChI is InChI=1S/C18H27N7O/c1-19-18(9-10-18)25-12-15(21-23-25)16(13-6-4-3-5-7-13)20-17(26)14-8-11-24(2)22-14/h8,11-13,16,19H,3-7,9-10H2,1-2H3,(H,20,26). The summed E-state index contributed by atoms with van der Waals surface area (Å²) in [6, 6.07) is 1.62. The molecule has 2 aromatic heterocycles. The number of aryl methyl sites for hydroxylation is 1. The van der Waals surface area contributed by atoms with Crippen LogP contribution >= 0.6 is 0 Å². The van der Waals surface area contributed by atoms with Crippen molar-refractivity contribution in [2.45, 2.75) is 56.7 Å². The van der Waals surface area contributed by atoms with Crippen molar-refractivity contribution in [1.82, 2.24) is 35.4 Å². The van der Waals surface area contributed by atoms with Gasteiger partial charge in [-0.2, -0.15) is 5.10 Å². The Morgan fingerprint density at radius 1 is 1.31 bits per heavy atom. The Bertz CT molecular complexity index is 770. The lowest BCUT2D eigenvalue weighted by Gasteiger charge is -2.29. The fourth-order valence-electron chi connectivity index (χ4n) is 3.99. The number of carbonyl (C=O) groups excluding carboxylic acids is 1. The van der Waals surface area contributed by atoms with E-state index in [2.05, 4.69) is 26.0 Å². The molecule has 0 bridgehead atoms. The van der Waals surface area contributed by atoms with E-state index in [1.165, 1.54) is 19.3 Å². The molecule has 1 unspecified atom stereocenters. The Labute approximate surface area is 153 Å². The Balaban J connectivity index is 1.57. The first-order chi connectivity index (χ1) is 12.6. The van der Waals surface area contributed by atoms with Gasteiger partial charge in [0, 0.05) is 13.2 Å². The molecule has 2 N–H and O–H groups in total. The molecule has 2 aliphatic rings. The second kappa shape index (κ2) is 6.83. The summed E-state index contributed by atoms with van der Waals surface area (Å²) < 4.78 is 3.57. The summed E-state index contributed by atoms with van der Waals surface area (Å²) in [5, 5.41) is 19.5. The number of amides is 1.